The van der Waals surface area contributed by atoms with Gasteiger partial charge in [-0.1, -0.05) is 0 Å². The van der Waals surface area contributed by atoms with Crippen LogP contribution >= 0.6 is 46.0 Å². The van der Waals surface area contributed by atoms with E-state index in [1.807, 2.05) is 0 Å². The second-order valence-electron chi connectivity index (χ2n) is 7.79. The van der Waals surface area contributed by atoms with Gasteiger partial charge in [-0.25, -0.2) is 9.78 Å². The van der Waals surface area contributed by atoms with Crippen LogP contribution in [0.4, 0.5) is 0 Å². The van der Waals surface area contributed by atoms with Gasteiger partial charge < -0.3 is 47.5 Å². The Morgan fingerprint density at radius 2 is 0.667 bits per heavy atom. The molecular formula is C23H42I2O14. The van der Waals surface area contributed by atoms with Gasteiger partial charge in [0, 0.05) is 18.3 Å². The van der Waals surface area contributed by atoms with Gasteiger partial charge in [-0.3, -0.25) is 0 Å². The highest BCUT2D eigenvalue weighted by Crippen LogP contribution is 2.26. The number of hydrogen-bond acceptors (Lipinski definition) is 14. The summed E-state index contributed by atoms with van der Waals surface area (Å²) >= 11 is 3.27. The van der Waals surface area contributed by atoms with Gasteiger partial charge in [-0.05, 0) is 0 Å². The van der Waals surface area contributed by atoms with E-state index in [9.17, 15) is 9.59 Å². The smallest absolute Gasteiger partial charge is 0.155 e. The molecule has 39 heavy (non-hydrogen) atoms. The van der Waals surface area contributed by atoms with E-state index in [-0.39, 0.29) is 26.1 Å². The topological polar surface area (TPSA) is 145 Å². The molecule has 0 aromatic heterocycles. The summed E-state index contributed by atoms with van der Waals surface area (Å²) in [5.74, 6) is 0. The van der Waals surface area contributed by atoms with Crippen molar-refractivity contribution in [2.75, 3.05) is 119 Å². The molecule has 0 amide bonds. The van der Waals surface area contributed by atoms with Gasteiger partial charge in [0.2, 0.25) is 0 Å². The Bertz CT molecular complexity index is 477. The molecule has 0 saturated carbocycles. The lowest BCUT2D eigenvalue weighted by Gasteiger charge is -2.29. The van der Waals surface area contributed by atoms with Crippen LogP contribution in [0, 0.1) is 5.41 Å². The monoisotopic (exact) mass is 796 g/mol. The molecule has 14 nitrogen and oxygen atoms in total. The maximum atomic E-state index is 11.2. The van der Waals surface area contributed by atoms with Crippen LogP contribution < -0.4 is 0 Å². The van der Waals surface area contributed by atoms with Crippen molar-refractivity contribution in [2.24, 2.45) is 5.41 Å². The predicted octanol–water partition coefficient (Wildman–Crippen LogP) is 1.88. The molecule has 0 atom stereocenters. The molecular weight excluding hydrogens is 754 g/mol. The number of aldehydes is 2. The SMILES string of the molecule is O=CCC(CC=O)(COCCOCCOCCOCCOOI)COCCOCCOCCOCCOOI. The van der Waals surface area contributed by atoms with Crippen LogP contribution in [0.5, 0.6) is 0 Å². The van der Waals surface area contributed by atoms with Crippen LogP contribution in [0.15, 0.2) is 0 Å². The fourth-order valence-electron chi connectivity index (χ4n) is 2.86. The molecule has 0 aromatic rings. The molecule has 0 radical (unpaired) electrons. The maximum Gasteiger partial charge on any atom is 0.155 e. The van der Waals surface area contributed by atoms with E-state index >= 15 is 0 Å². The van der Waals surface area contributed by atoms with Crippen molar-refractivity contribution < 1.29 is 63.7 Å². The first-order valence-electron chi connectivity index (χ1n) is 12.5. The molecule has 16 heteroatoms. The summed E-state index contributed by atoms with van der Waals surface area (Å²) < 4.78 is 52.5. The zero-order valence-electron chi connectivity index (χ0n) is 22.3. The summed E-state index contributed by atoms with van der Waals surface area (Å²) in [4.78, 5) is 31.8. The third-order valence-electron chi connectivity index (χ3n) is 4.79. The largest absolute Gasteiger partial charge is 0.378 e. The Labute approximate surface area is 258 Å². The van der Waals surface area contributed by atoms with Crippen molar-refractivity contribution in [3.63, 3.8) is 0 Å². The van der Waals surface area contributed by atoms with E-state index in [2.05, 4.69) is 16.2 Å². The highest BCUT2D eigenvalue weighted by atomic mass is 127. The standard InChI is InChI=1S/C23H42I2O14/c24-38-36-19-17-32-11-9-28-5-7-30-13-15-34-21-23(1-3-26,2-4-27)22-35-16-14-31-8-6-29-10-12-33-18-20-37-39-25/h3-4H,1-2,5-22H2. The highest BCUT2D eigenvalue weighted by molar-refractivity contribution is 14.1. The predicted molar refractivity (Wildman–Crippen MR) is 152 cm³/mol. The first-order chi connectivity index (χ1) is 19.2. The van der Waals surface area contributed by atoms with Gasteiger partial charge >= 0.3 is 0 Å². The van der Waals surface area contributed by atoms with E-state index in [1.165, 1.54) is 0 Å². The fraction of sp³-hybridized carbons (Fsp3) is 0.913. The molecule has 0 N–H and O–H groups in total. The first kappa shape index (κ1) is 39.3. The van der Waals surface area contributed by atoms with Crippen molar-refractivity contribution in [1.29, 1.82) is 0 Å². The Kier molecular flexibility index (Phi) is 33.1. The van der Waals surface area contributed by atoms with Gasteiger partial charge in [-0.2, -0.15) is 6.43 Å². The van der Waals surface area contributed by atoms with Crippen molar-refractivity contribution in [3.05, 3.63) is 0 Å². The number of carbonyl (C=O) groups is 2. The second kappa shape index (κ2) is 32.8. The number of halogens is 2. The molecule has 0 fully saturated rings. The average molecular weight is 796 g/mol. The summed E-state index contributed by atoms with van der Waals surface area (Å²) in [7, 11) is 0. The van der Waals surface area contributed by atoms with Crippen molar-refractivity contribution >= 4 is 58.6 Å². The second-order valence-corrected chi connectivity index (χ2v) is 8.51. The van der Waals surface area contributed by atoms with E-state index < -0.39 is 5.41 Å². The third-order valence-corrected chi connectivity index (χ3v) is 5.30. The molecule has 0 saturated heterocycles. The Morgan fingerprint density at radius 1 is 0.410 bits per heavy atom. The Hall–Kier alpha value is 0.320. The van der Waals surface area contributed by atoms with Gasteiger partial charge in [0.05, 0.1) is 106 Å². The molecule has 0 unspecified atom stereocenters. The molecule has 0 bridgehead atoms. The summed E-state index contributed by atoms with van der Waals surface area (Å²) in [5, 5.41) is 0. The number of ether oxygens (including phenoxy) is 8. The summed E-state index contributed by atoms with van der Waals surface area (Å²) in [6.45, 7) is 6.79. The minimum Gasteiger partial charge on any atom is -0.378 e. The number of carbonyl (C=O) groups excluding carboxylic acids is 2. The van der Waals surface area contributed by atoms with Crippen LogP contribution in [-0.4, -0.2) is 131 Å². The minimum absolute atomic E-state index is 0.147. The van der Waals surface area contributed by atoms with Gasteiger partial charge in [-0.15, -0.1) is 0 Å². The quantitative estimate of drug-likeness (QED) is 0.0307. The van der Waals surface area contributed by atoms with Gasteiger partial charge in [0.1, 0.15) is 25.8 Å². The first-order valence-corrected chi connectivity index (χ1v) is 14.3. The highest BCUT2D eigenvalue weighted by Gasteiger charge is 2.30. The summed E-state index contributed by atoms with van der Waals surface area (Å²) in [6, 6.07) is 0. The molecule has 232 valence electrons. The molecule has 0 aliphatic rings. The summed E-state index contributed by atoms with van der Waals surface area (Å²) in [5.41, 5.74) is -0.725. The average Bonchev–Trinajstić information content (AvgIpc) is 2.93. The van der Waals surface area contributed by atoms with Crippen molar-refractivity contribution in [3.8, 4) is 0 Å². The van der Waals surface area contributed by atoms with Crippen LogP contribution in [0.1, 0.15) is 12.8 Å². The molecule has 0 rings (SSSR count). The normalized spacial score (nSPS) is 11.7. The lowest BCUT2D eigenvalue weighted by molar-refractivity contribution is -0.178. The van der Waals surface area contributed by atoms with Crippen molar-refractivity contribution in [2.45, 2.75) is 12.8 Å². The number of rotatable bonds is 34. The lowest BCUT2D eigenvalue weighted by atomic mass is 9.83. The van der Waals surface area contributed by atoms with Crippen LogP contribution in [0.2, 0.25) is 0 Å². The van der Waals surface area contributed by atoms with Crippen LogP contribution in [-0.2, 0) is 63.7 Å². The summed E-state index contributed by atoms with van der Waals surface area (Å²) in [6.07, 6.45) is 1.85. The maximum absolute atomic E-state index is 11.2. The van der Waals surface area contributed by atoms with E-state index in [0.29, 0.717) is 106 Å². The van der Waals surface area contributed by atoms with E-state index in [0.717, 1.165) is 12.6 Å². The van der Waals surface area contributed by atoms with Crippen LogP contribution in [0.3, 0.4) is 0 Å². The molecule has 0 heterocycles. The van der Waals surface area contributed by atoms with Crippen molar-refractivity contribution in [1.82, 2.24) is 0 Å². The van der Waals surface area contributed by atoms with Crippen LogP contribution in [0.25, 0.3) is 0 Å². The van der Waals surface area contributed by atoms with E-state index in [4.69, 9.17) is 37.9 Å². The minimum atomic E-state index is -0.725. The van der Waals surface area contributed by atoms with E-state index in [1.54, 1.807) is 46.0 Å². The van der Waals surface area contributed by atoms with Gasteiger partial charge in [0.15, 0.2) is 46.0 Å². The zero-order valence-corrected chi connectivity index (χ0v) is 26.6. The Morgan fingerprint density at radius 3 is 0.923 bits per heavy atom. The zero-order chi connectivity index (χ0) is 28.5. The molecule has 0 aliphatic heterocycles. The van der Waals surface area contributed by atoms with Gasteiger partial charge in [0.25, 0.3) is 0 Å². The molecule has 0 aliphatic carbocycles. The Balaban J connectivity index is 3.79. The lowest BCUT2D eigenvalue weighted by Crippen LogP contribution is -2.34. The third kappa shape index (κ3) is 28.2. The molecule has 0 spiro atoms. The number of hydrogen-bond donors (Lipinski definition) is 0. The molecule has 0 aromatic carbocycles. The fourth-order valence-corrected chi connectivity index (χ4v) is 3.22.